The Kier molecular flexibility index (Phi) is 6.08. The van der Waals surface area contributed by atoms with Gasteiger partial charge in [-0.2, -0.15) is 10.5 Å². The van der Waals surface area contributed by atoms with Crippen molar-refractivity contribution in [2.75, 3.05) is 11.4 Å². The van der Waals surface area contributed by atoms with Gasteiger partial charge in [-0.25, -0.2) is 0 Å². The SMILES string of the molecule is CCN1/C(=C/C=C/C2=CC(=C(C#N)C#N)C=C(c3ccccc3)O2)Sc2ccccc21. The van der Waals surface area contributed by atoms with E-state index in [2.05, 4.69) is 36.1 Å². The second kappa shape index (κ2) is 9.26. The van der Waals surface area contributed by atoms with Crippen LogP contribution in [0.25, 0.3) is 5.76 Å². The predicted molar refractivity (Wildman–Crippen MR) is 124 cm³/mol. The van der Waals surface area contributed by atoms with E-state index in [0.29, 0.717) is 17.1 Å². The first-order chi connectivity index (χ1) is 15.2. The normalized spacial score (nSPS) is 16.3. The molecule has 31 heavy (non-hydrogen) atoms. The van der Waals surface area contributed by atoms with Gasteiger partial charge in [0, 0.05) is 22.6 Å². The third-order valence-corrected chi connectivity index (χ3v) is 5.97. The molecule has 0 fully saturated rings. The summed E-state index contributed by atoms with van der Waals surface area (Å²) < 4.78 is 6.05. The second-order valence-corrected chi connectivity index (χ2v) is 7.82. The summed E-state index contributed by atoms with van der Waals surface area (Å²) in [5.74, 6) is 1.17. The van der Waals surface area contributed by atoms with Crippen LogP contribution in [-0.4, -0.2) is 6.54 Å². The molecule has 0 saturated heterocycles. The van der Waals surface area contributed by atoms with Crippen LogP contribution in [0.2, 0.25) is 0 Å². The average Bonchev–Trinajstić information content (AvgIpc) is 3.18. The number of hydrogen-bond acceptors (Lipinski definition) is 5. The molecule has 4 rings (SSSR count). The van der Waals surface area contributed by atoms with Crippen LogP contribution in [-0.2, 0) is 4.74 Å². The highest BCUT2D eigenvalue weighted by molar-refractivity contribution is 8.03. The molecule has 0 atom stereocenters. The molecule has 4 nitrogen and oxygen atoms in total. The van der Waals surface area contributed by atoms with Gasteiger partial charge in [0.2, 0.25) is 0 Å². The van der Waals surface area contributed by atoms with Crippen LogP contribution in [0.4, 0.5) is 5.69 Å². The second-order valence-electron chi connectivity index (χ2n) is 6.76. The lowest BCUT2D eigenvalue weighted by Gasteiger charge is -2.18. The van der Waals surface area contributed by atoms with Gasteiger partial charge >= 0.3 is 0 Å². The molecular weight excluding hydrogens is 402 g/mol. The van der Waals surface area contributed by atoms with Crippen molar-refractivity contribution in [2.24, 2.45) is 0 Å². The molecule has 0 N–H and O–H groups in total. The molecule has 150 valence electrons. The molecule has 0 saturated carbocycles. The topological polar surface area (TPSA) is 60.0 Å². The quantitative estimate of drug-likeness (QED) is 0.541. The Morgan fingerprint density at radius 2 is 1.77 bits per heavy atom. The van der Waals surface area contributed by atoms with E-state index in [9.17, 15) is 10.5 Å². The van der Waals surface area contributed by atoms with Crippen molar-refractivity contribution >= 4 is 23.2 Å². The Morgan fingerprint density at radius 3 is 2.52 bits per heavy atom. The van der Waals surface area contributed by atoms with E-state index >= 15 is 0 Å². The Morgan fingerprint density at radius 1 is 1.03 bits per heavy atom. The molecule has 0 aromatic heterocycles. The zero-order valence-corrected chi connectivity index (χ0v) is 17.8. The number of hydrogen-bond donors (Lipinski definition) is 0. The van der Waals surface area contributed by atoms with Gasteiger partial charge in [-0.05, 0) is 43.4 Å². The summed E-state index contributed by atoms with van der Waals surface area (Å²) in [5.41, 5.74) is 2.70. The first kappa shape index (κ1) is 20.3. The van der Waals surface area contributed by atoms with E-state index in [-0.39, 0.29) is 5.57 Å². The van der Waals surface area contributed by atoms with E-state index < -0.39 is 0 Å². The molecule has 0 aliphatic carbocycles. The Balaban J connectivity index is 1.63. The van der Waals surface area contributed by atoms with E-state index in [1.807, 2.05) is 60.7 Å². The Bertz CT molecular complexity index is 1220. The number of rotatable bonds is 4. The maximum absolute atomic E-state index is 9.32. The lowest BCUT2D eigenvalue weighted by Crippen LogP contribution is -2.16. The van der Waals surface area contributed by atoms with Gasteiger partial charge in [0.25, 0.3) is 0 Å². The smallest absolute Gasteiger partial charge is 0.137 e. The fourth-order valence-electron chi connectivity index (χ4n) is 3.38. The number of ether oxygens (including phenoxy) is 1. The van der Waals surface area contributed by atoms with Crippen molar-refractivity contribution in [3.63, 3.8) is 0 Å². The monoisotopic (exact) mass is 421 g/mol. The van der Waals surface area contributed by atoms with Crippen LogP contribution in [0.3, 0.4) is 0 Å². The third-order valence-electron chi connectivity index (χ3n) is 4.83. The first-order valence-corrected chi connectivity index (χ1v) is 10.7. The summed E-state index contributed by atoms with van der Waals surface area (Å²) in [5, 5.41) is 19.8. The molecule has 2 aromatic rings. The molecule has 0 spiro atoms. The van der Waals surface area contributed by atoms with Gasteiger partial charge < -0.3 is 9.64 Å². The van der Waals surface area contributed by atoms with E-state index in [1.165, 1.54) is 10.6 Å². The van der Waals surface area contributed by atoms with Crippen LogP contribution < -0.4 is 4.90 Å². The first-order valence-electron chi connectivity index (χ1n) is 9.87. The largest absolute Gasteiger partial charge is 0.457 e. The summed E-state index contributed by atoms with van der Waals surface area (Å²) in [4.78, 5) is 3.51. The highest BCUT2D eigenvalue weighted by atomic mass is 32.2. The Labute approximate surface area is 186 Å². The van der Waals surface area contributed by atoms with Crippen LogP contribution in [0, 0.1) is 22.7 Å². The molecule has 2 aromatic carbocycles. The predicted octanol–water partition coefficient (Wildman–Crippen LogP) is 6.32. The number of thioether (sulfide) groups is 1. The standard InChI is InChI=1S/C26H19N3OS/c1-2-29-23-12-6-7-13-25(23)31-26(29)14-8-11-22-15-20(21(17-27)18-28)16-24(30-22)19-9-4-3-5-10-19/h3-16H,2H2,1H3/b11-8+,26-14-. The van der Waals surface area contributed by atoms with Gasteiger partial charge in [0.05, 0.1) is 10.7 Å². The van der Waals surface area contributed by atoms with E-state index in [4.69, 9.17) is 4.74 Å². The van der Waals surface area contributed by atoms with E-state index in [1.54, 1.807) is 23.9 Å². The van der Waals surface area contributed by atoms with Crippen LogP contribution in [0.1, 0.15) is 12.5 Å². The zero-order valence-electron chi connectivity index (χ0n) is 16.9. The number of para-hydroxylation sites is 1. The maximum atomic E-state index is 9.32. The summed E-state index contributed by atoms with van der Waals surface area (Å²) in [7, 11) is 0. The van der Waals surface area contributed by atoms with Crippen molar-refractivity contribution < 1.29 is 4.74 Å². The fourth-order valence-corrected chi connectivity index (χ4v) is 4.51. The van der Waals surface area contributed by atoms with Crippen molar-refractivity contribution in [1.29, 1.82) is 10.5 Å². The van der Waals surface area contributed by atoms with Crippen LogP contribution in [0.5, 0.6) is 0 Å². The van der Waals surface area contributed by atoms with Gasteiger partial charge in [0.15, 0.2) is 0 Å². The van der Waals surface area contributed by atoms with Gasteiger partial charge in [0.1, 0.15) is 29.2 Å². The van der Waals surface area contributed by atoms with Crippen molar-refractivity contribution in [3.8, 4) is 12.1 Å². The summed E-state index contributed by atoms with van der Waals surface area (Å²) in [6, 6.07) is 21.9. The number of fused-ring (bicyclic) bond motifs is 1. The van der Waals surface area contributed by atoms with Crippen LogP contribution in [0.15, 0.2) is 112 Å². The molecule has 0 bridgehead atoms. The number of benzene rings is 2. The van der Waals surface area contributed by atoms with Gasteiger partial charge in [-0.15, -0.1) is 0 Å². The highest BCUT2D eigenvalue weighted by Crippen LogP contribution is 2.45. The van der Waals surface area contributed by atoms with E-state index in [0.717, 1.165) is 17.1 Å². The lowest BCUT2D eigenvalue weighted by molar-refractivity contribution is 0.396. The molecule has 2 aliphatic heterocycles. The number of allylic oxidation sites excluding steroid dienone is 7. The Hall–Kier alpha value is -3.93. The van der Waals surface area contributed by atoms with Gasteiger partial charge in [-0.3, -0.25) is 0 Å². The zero-order chi connectivity index (χ0) is 21.6. The van der Waals surface area contributed by atoms with Crippen molar-refractivity contribution in [2.45, 2.75) is 11.8 Å². The molecule has 0 unspecified atom stereocenters. The molecule has 0 radical (unpaired) electrons. The third kappa shape index (κ3) is 4.33. The number of nitriles is 2. The molecular formula is C26H19N3OS. The highest BCUT2D eigenvalue weighted by Gasteiger charge is 2.22. The minimum atomic E-state index is 0.0555. The fraction of sp³-hybridized carbons (Fsp3) is 0.0769. The summed E-state index contributed by atoms with van der Waals surface area (Å²) in [6.45, 7) is 3.01. The molecule has 5 heteroatoms. The minimum Gasteiger partial charge on any atom is -0.457 e. The number of nitrogens with zero attached hydrogens (tertiary/aromatic N) is 3. The van der Waals surface area contributed by atoms with Crippen molar-refractivity contribution in [1.82, 2.24) is 0 Å². The molecule has 0 amide bonds. The van der Waals surface area contributed by atoms with Crippen molar-refractivity contribution in [3.05, 3.63) is 112 Å². The molecule has 2 heterocycles. The minimum absolute atomic E-state index is 0.0555. The average molecular weight is 422 g/mol. The summed E-state index contributed by atoms with van der Waals surface area (Å²) in [6.07, 6.45) is 9.30. The van der Waals surface area contributed by atoms with Crippen LogP contribution >= 0.6 is 11.8 Å². The summed E-state index contributed by atoms with van der Waals surface area (Å²) >= 11 is 1.73. The lowest BCUT2D eigenvalue weighted by atomic mass is 10.0. The maximum Gasteiger partial charge on any atom is 0.137 e. The van der Waals surface area contributed by atoms with Gasteiger partial charge in [-0.1, -0.05) is 60.3 Å². The number of anilines is 1. The molecule has 2 aliphatic rings.